The van der Waals surface area contributed by atoms with E-state index < -0.39 is 16.0 Å². The summed E-state index contributed by atoms with van der Waals surface area (Å²) in [6.07, 6.45) is 0.901. The van der Waals surface area contributed by atoms with Gasteiger partial charge in [-0.25, -0.2) is 23.3 Å². The average molecular weight is 460 g/mol. The van der Waals surface area contributed by atoms with Crippen molar-refractivity contribution in [3.05, 3.63) is 70.7 Å². The Hall–Kier alpha value is -3.08. The number of anilines is 2. The molecule has 2 N–H and O–H groups in total. The van der Waals surface area contributed by atoms with Gasteiger partial charge in [-0.1, -0.05) is 19.1 Å². The van der Waals surface area contributed by atoms with Gasteiger partial charge in [-0.05, 0) is 48.4 Å². The quantitative estimate of drug-likeness (QED) is 0.541. The van der Waals surface area contributed by atoms with Gasteiger partial charge in [0.15, 0.2) is 5.13 Å². The van der Waals surface area contributed by atoms with Crippen molar-refractivity contribution in [1.29, 1.82) is 0 Å². The van der Waals surface area contributed by atoms with Crippen LogP contribution in [0.2, 0.25) is 0 Å². The van der Waals surface area contributed by atoms with E-state index in [9.17, 15) is 18.0 Å². The van der Waals surface area contributed by atoms with E-state index in [1.165, 1.54) is 47.4 Å². The van der Waals surface area contributed by atoms with Crippen LogP contribution in [-0.2, 0) is 32.6 Å². The summed E-state index contributed by atoms with van der Waals surface area (Å²) in [6.45, 7) is 3.42. The Balaban J connectivity index is 1.69. The first kappa shape index (κ1) is 22.6. The van der Waals surface area contributed by atoms with Crippen molar-refractivity contribution in [2.24, 2.45) is 5.14 Å². The summed E-state index contributed by atoms with van der Waals surface area (Å²) in [7, 11) is -3.83. The van der Waals surface area contributed by atoms with Crippen molar-refractivity contribution < 1.29 is 22.7 Å². The highest BCUT2D eigenvalue weighted by atomic mass is 32.2. The number of hydrogen-bond donors (Lipinski definition) is 1. The zero-order valence-corrected chi connectivity index (χ0v) is 18.6. The van der Waals surface area contributed by atoms with Gasteiger partial charge in [-0.15, -0.1) is 11.3 Å². The maximum Gasteiger partial charge on any atom is 0.338 e. The lowest BCUT2D eigenvalue weighted by molar-refractivity contribution is -0.115. The Kier molecular flexibility index (Phi) is 6.84. The monoisotopic (exact) mass is 459 g/mol. The molecular weight excluding hydrogens is 438 g/mol. The van der Waals surface area contributed by atoms with Crippen LogP contribution in [-0.4, -0.2) is 25.3 Å². The van der Waals surface area contributed by atoms with Crippen molar-refractivity contribution in [3.8, 4) is 0 Å². The number of thiazole rings is 1. The van der Waals surface area contributed by atoms with Crippen LogP contribution in [0.25, 0.3) is 0 Å². The number of aryl methyl sites for hydroxylation is 1. The Morgan fingerprint density at radius 2 is 1.74 bits per heavy atom. The number of rotatable bonds is 7. The van der Waals surface area contributed by atoms with E-state index in [0.29, 0.717) is 16.5 Å². The van der Waals surface area contributed by atoms with Gasteiger partial charge in [0.2, 0.25) is 15.9 Å². The van der Waals surface area contributed by atoms with Crippen molar-refractivity contribution in [2.75, 3.05) is 4.90 Å². The number of primary sulfonamides is 1. The van der Waals surface area contributed by atoms with Gasteiger partial charge in [-0.3, -0.25) is 9.69 Å². The third-order valence-corrected chi connectivity index (χ3v) is 6.22. The lowest BCUT2D eigenvalue weighted by Crippen LogP contribution is -2.22. The van der Waals surface area contributed by atoms with Crippen LogP contribution >= 0.6 is 11.3 Å². The Labute approximate surface area is 184 Å². The summed E-state index contributed by atoms with van der Waals surface area (Å²) in [4.78, 5) is 30.3. The zero-order chi connectivity index (χ0) is 22.6. The summed E-state index contributed by atoms with van der Waals surface area (Å²) in [5.41, 5.74) is 2.55. The van der Waals surface area contributed by atoms with Gasteiger partial charge >= 0.3 is 5.97 Å². The molecule has 0 unspecified atom stereocenters. The maximum absolute atomic E-state index is 12.2. The van der Waals surface area contributed by atoms with E-state index in [2.05, 4.69) is 11.9 Å². The highest BCUT2D eigenvalue weighted by Crippen LogP contribution is 2.29. The number of sulfonamides is 1. The summed E-state index contributed by atoms with van der Waals surface area (Å²) in [6, 6.07) is 12.8. The lowest BCUT2D eigenvalue weighted by atomic mass is 10.1. The molecule has 3 rings (SSSR count). The second-order valence-electron chi connectivity index (χ2n) is 6.64. The number of carbonyl (C=O) groups is 2. The van der Waals surface area contributed by atoms with Crippen molar-refractivity contribution in [3.63, 3.8) is 0 Å². The van der Waals surface area contributed by atoms with E-state index in [1.807, 2.05) is 24.3 Å². The van der Waals surface area contributed by atoms with Crippen LogP contribution in [0, 0.1) is 0 Å². The number of nitrogens with zero attached hydrogens (tertiary/aromatic N) is 2. The average Bonchev–Trinajstić information content (AvgIpc) is 3.20. The predicted molar refractivity (Wildman–Crippen MR) is 118 cm³/mol. The second-order valence-corrected chi connectivity index (χ2v) is 9.04. The molecule has 0 atom stereocenters. The van der Waals surface area contributed by atoms with E-state index in [-0.39, 0.29) is 23.0 Å². The molecule has 1 heterocycles. The number of aromatic nitrogens is 1. The topological polar surface area (TPSA) is 120 Å². The van der Waals surface area contributed by atoms with E-state index in [4.69, 9.17) is 9.88 Å². The highest BCUT2D eigenvalue weighted by Gasteiger charge is 2.19. The number of nitrogens with two attached hydrogens (primary N) is 1. The fraction of sp³-hybridized carbons (Fsp3) is 0.190. The van der Waals surface area contributed by atoms with Crippen LogP contribution in [0.3, 0.4) is 0 Å². The number of benzene rings is 2. The molecule has 0 spiro atoms. The molecule has 0 radical (unpaired) electrons. The second kappa shape index (κ2) is 9.38. The van der Waals surface area contributed by atoms with Crippen LogP contribution < -0.4 is 10.0 Å². The van der Waals surface area contributed by atoms with Gasteiger partial charge in [-0.2, -0.15) is 0 Å². The number of esters is 1. The Morgan fingerprint density at radius 3 is 2.29 bits per heavy atom. The molecule has 0 aliphatic carbocycles. The van der Waals surface area contributed by atoms with Gasteiger partial charge in [0.25, 0.3) is 0 Å². The molecule has 10 heteroatoms. The number of hydrogen-bond acceptors (Lipinski definition) is 7. The van der Waals surface area contributed by atoms with Gasteiger partial charge in [0.1, 0.15) is 6.61 Å². The first-order valence-electron chi connectivity index (χ1n) is 9.33. The van der Waals surface area contributed by atoms with Crippen LogP contribution in [0.1, 0.15) is 35.5 Å². The number of ether oxygens (including phenoxy) is 1. The molecule has 31 heavy (non-hydrogen) atoms. The molecule has 2 aromatic carbocycles. The lowest BCUT2D eigenvalue weighted by Gasteiger charge is -2.18. The van der Waals surface area contributed by atoms with Gasteiger partial charge in [0, 0.05) is 12.3 Å². The highest BCUT2D eigenvalue weighted by molar-refractivity contribution is 7.89. The minimum absolute atomic E-state index is 0.0905. The van der Waals surface area contributed by atoms with Crippen LogP contribution in [0.15, 0.2) is 58.8 Å². The first-order valence-corrected chi connectivity index (χ1v) is 11.8. The molecule has 1 aromatic heterocycles. The van der Waals surface area contributed by atoms with Gasteiger partial charge in [0.05, 0.1) is 21.8 Å². The fourth-order valence-corrected chi connectivity index (χ4v) is 4.16. The Bertz CT molecular complexity index is 1190. The first-order chi connectivity index (χ1) is 14.7. The summed E-state index contributed by atoms with van der Waals surface area (Å²) < 4.78 is 27.8. The Morgan fingerprint density at radius 1 is 1.10 bits per heavy atom. The van der Waals surface area contributed by atoms with E-state index in [1.54, 1.807) is 5.38 Å². The SMILES string of the molecule is CCc1ccc(N(C(C)=O)c2nc(COC(=O)c3ccc(S(N)(=O)=O)cc3)cs2)cc1. The molecule has 1 amide bonds. The fourth-order valence-electron chi connectivity index (χ4n) is 2.78. The standard InChI is InChI=1S/C21H21N3O5S2/c1-3-15-4-8-18(9-5-15)24(14(2)25)21-23-17(13-30-21)12-29-20(26)16-6-10-19(11-7-16)31(22,27)28/h4-11,13H,3,12H2,1-2H3,(H2,22,27,28). The molecule has 162 valence electrons. The molecule has 3 aromatic rings. The smallest absolute Gasteiger partial charge is 0.338 e. The largest absolute Gasteiger partial charge is 0.456 e. The minimum atomic E-state index is -3.83. The molecule has 0 fully saturated rings. The predicted octanol–water partition coefficient (Wildman–Crippen LogP) is 3.39. The van der Waals surface area contributed by atoms with Crippen molar-refractivity contribution in [1.82, 2.24) is 4.98 Å². The van der Waals surface area contributed by atoms with Crippen molar-refractivity contribution in [2.45, 2.75) is 31.8 Å². The third-order valence-electron chi connectivity index (χ3n) is 4.42. The van der Waals surface area contributed by atoms with Gasteiger partial charge < -0.3 is 4.74 Å². The third kappa shape index (κ3) is 5.54. The maximum atomic E-state index is 12.2. The molecule has 0 aliphatic heterocycles. The molecule has 8 nitrogen and oxygen atoms in total. The van der Waals surface area contributed by atoms with Crippen LogP contribution in [0.5, 0.6) is 0 Å². The normalized spacial score (nSPS) is 11.2. The summed E-state index contributed by atoms with van der Waals surface area (Å²) in [5, 5.41) is 7.23. The molecule has 0 bridgehead atoms. The minimum Gasteiger partial charge on any atom is -0.456 e. The van der Waals surface area contributed by atoms with E-state index >= 15 is 0 Å². The molecule has 0 saturated heterocycles. The zero-order valence-electron chi connectivity index (χ0n) is 16.9. The summed E-state index contributed by atoms with van der Waals surface area (Å²) >= 11 is 1.27. The number of carbonyl (C=O) groups excluding carboxylic acids is 2. The molecule has 0 aliphatic rings. The number of amides is 1. The van der Waals surface area contributed by atoms with Crippen LogP contribution in [0.4, 0.5) is 10.8 Å². The van der Waals surface area contributed by atoms with Crippen molar-refractivity contribution >= 4 is 44.1 Å². The van der Waals surface area contributed by atoms with E-state index in [0.717, 1.165) is 12.0 Å². The molecule has 0 saturated carbocycles. The molecular formula is C21H21N3O5S2. The summed E-state index contributed by atoms with van der Waals surface area (Å²) in [5.74, 6) is -0.814.